The Morgan fingerprint density at radius 1 is 1.55 bits per heavy atom. The van der Waals surface area contributed by atoms with Gasteiger partial charge in [-0.15, -0.1) is 0 Å². The standard InChI is InChI=1S/C6H11IN4/c1-4-5(8-2)11(3)6(9-4)10-7/h8H,1-3H3,(H,9,10). The molecule has 0 radical (unpaired) electrons. The quantitative estimate of drug-likeness (QED) is 0.630. The Morgan fingerprint density at radius 2 is 2.18 bits per heavy atom. The third-order valence-electron chi connectivity index (χ3n) is 1.59. The van der Waals surface area contributed by atoms with E-state index in [0.29, 0.717) is 0 Å². The Kier molecular flexibility index (Phi) is 2.58. The van der Waals surface area contributed by atoms with E-state index in [1.165, 1.54) is 0 Å². The highest BCUT2D eigenvalue weighted by molar-refractivity contribution is 14.1. The fourth-order valence-corrected chi connectivity index (χ4v) is 1.55. The Labute approximate surface area is 79.9 Å². The van der Waals surface area contributed by atoms with E-state index in [0.717, 1.165) is 17.5 Å². The fraction of sp³-hybridized carbons (Fsp3) is 0.500. The van der Waals surface area contributed by atoms with Gasteiger partial charge in [-0.1, -0.05) is 0 Å². The number of aromatic nitrogens is 2. The summed E-state index contributed by atoms with van der Waals surface area (Å²) < 4.78 is 4.95. The van der Waals surface area contributed by atoms with Gasteiger partial charge < -0.3 is 5.32 Å². The van der Waals surface area contributed by atoms with E-state index in [1.807, 2.05) is 25.6 Å². The van der Waals surface area contributed by atoms with Crippen LogP contribution < -0.4 is 8.85 Å². The molecule has 0 unspecified atom stereocenters. The van der Waals surface area contributed by atoms with E-state index in [2.05, 4.69) is 36.7 Å². The van der Waals surface area contributed by atoms with Gasteiger partial charge in [0.1, 0.15) is 5.82 Å². The number of rotatable bonds is 2. The Morgan fingerprint density at radius 3 is 2.45 bits per heavy atom. The molecule has 62 valence electrons. The summed E-state index contributed by atoms with van der Waals surface area (Å²) in [6.45, 7) is 1.98. The summed E-state index contributed by atoms with van der Waals surface area (Å²) in [5.41, 5.74) is 1.01. The molecule has 11 heavy (non-hydrogen) atoms. The molecule has 0 aromatic carbocycles. The average molecular weight is 266 g/mol. The number of imidazole rings is 1. The van der Waals surface area contributed by atoms with Gasteiger partial charge in [0.05, 0.1) is 28.6 Å². The first-order chi connectivity index (χ1) is 5.20. The molecule has 5 heteroatoms. The lowest BCUT2D eigenvalue weighted by Crippen LogP contribution is -1.99. The molecule has 0 amide bonds. The lowest BCUT2D eigenvalue weighted by Gasteiger charge is -2.02. The molecule has 0 spiro atoms. The van der Waals surface area contributed by atoms with Crippen molar-refractivity contribution >= 4 is 34.6 Å². The summed E-state index contributed by atoms with van der Waals surface area (Å²) in [7, 11) is 3.85. The van der Waals surface area contributed by atoms with Crippen LogP contribution >= 0.6 is 22.9 Å². The van der Waals surface area contributed by atoms with Gasteiger partial charge in [-0.05, 0) is 6.92 Å². The largest absolute Gasteiger partial charge is 0.373 e. The fourth-order valence-electron chi connectivity index (χ4n) is 1.07. The minimum atomic E-state index is 0.868. The highest BCUT2D eigenvalue weighted by atomic mass is 127. The van der Waals surface area contributed by atoms with Crippen molar-refractivity contribution in [1.82, 2.24) is 9.55 Å². The van der Waals surface area contributed by atoms with Crippen molar-refractivity contribution in [2.45, 2.75) is 6.92 Å². The van der Waals surface area contributed by atoms with Gasteiger partial charge in [0.2, 0.25) is 5.95 Å². The van der Waals surface area contributed by atoms with Crippen molar-refractivity contribution < 1.29 is 0 Å². The number of aryl methyl sites for hydroxylation is 1. The second kappa shape index (κ2) is 3.29. The van der Waals surface area contributed by atoms with Crippen LogP contribution in [-0.4, -0.2) is 16.6 Å². The maximum Gasteiger partial charge on any atom is 0.213 e. The lowest BCUT2D eigenvalue weighted by atomic mass is 10.5. The monoisotopic (exact) mass is 266 g/mol. The topological polar surface area (TPSA) is 41.9 Å². The summed E-state index contributed by atoms with van der Waals surface area (Å²) in [5, 5.41) is 3.08. The van der Waals surface area contributed by atoms with Crippen molar-refractivity contribution in [2.75, 3.05) is 15.9 Å². The minimum absolute atomic E-state index is 0.868. The van der Waals surface area contributed by atoms with E-state index in [1.54, 1.807) is 0 Å². The number of hydrogen-bond donors (Lipinski definition) is 2. The molecule has 0 aliphatic rings. The predicted molar refractivity (Wildman–Crippen MR) is 55.1 cm³/mol. The molecule has 1 heterocycles. The zero-order valence-corrected chi connectivity index (χ0v) is 8.93. The maximum atomic E-state index is 4.28. The second-order valence-corrected chi connectivity index (χ2v) is 2.81. The van der Waals surface area contributed by atoms with Crippen LogP contribution in [0.2, 0.25) is 0 Å². The Hall–Kier alpha value is -0.460. The Bertz CT molecular complexity index is 255. The highest BCUT2D eigenvalue weighted by Crippen LogP contribution is 2.18. The van der Waals surface area contributed by atoms with Crippen LogP contribution in [0.15, 0.2) is 0 Å². The van der Waals surface area contributed by atoms with E-state index in [9.17, 15) is 0 Å². The summed E-state index contributed by atoms with van der Waals surface area (Å²) in [6, 6.07) is 0. The van der Waals surface area contributed by atoms with Crippen LogP contribution in [0.25, 0.3) is 0 Å². The first kappa shape index (κ1) is 8.63. The number of hydrogen-bond acceptors (Lipinski definition) is 3. The molecule has 0 saturated heterocycles. The van der Waals surface area contributed by atoms with Crippen LogP contribution in [0.5, 0.6) is 0 Å². The van der Waals surface area contributed by atoms with Crippen LogP contribution in [0, 0.1) is 6.92 Å². The molecule has 0 saturated carbocycles. The van der Waals surface area contributed by atoms with Crippen LogP contribution in [-0.2, 0) is 7.05 Å². The SMILES string of the molecule is CNc1c(C)nc(NI)n1C. The summed E-state index contributed by atoms with van der Waals surface area (Å²) in [5.74, 6) is 1.91. The van der Waals surface area contributed by atoms with Gasteiger partial charge in [0.15, 0.2) is 0 Å². The van der Waals surface area contributed by atoms with Crippen LogP contribution in [0.1, 0.15) is 5.69 Å². The average Bonchev–Trinajstić information content (AvgIpc) is 2.26. The second-order valence-electron chi connectivity index (χ2n) is 2.27. The maximum absolute atomic E-state index is 4.28. The molecule has 1 aromatic heterocycles. The zero-order chi connectivity index (χ0) is 8.43. The Balaban J connectivity index is 3.14. The summed E-state index contributed by atoms with van der Waals surface area (Å²) >= 11 is 2.06. The van der Waals surface area contributed by atoms with E-state index < -0.39 is 0 Å². The first-order valence-electron chi connectivity index (χ1n) is 3.28. The van der Waals surface area contributed by atoms with Crippen molar-refractivity contribution in [2.24, 2.45) is 7.05 Å². The third kappa shape index (κ3) is 1.42. The van der Waals surface area contributed by atoms with Gasteiger partial charge in [-0.2, -0.15) is 0 Å². The van der Waals surface area contributed by atoms with Crippen LogP contribution in [0.4, 0.5) is 11.8 Å². The lowest BCUT2D eigenvalue weighted by molar-refractivity contribution is 0.935. The van der Waals surface area contributed by atoms with E-state index >= 15 is 0 Å². The molecular weight excluding hydrogens is 255 g/mol. The highest BCUT2D eigenvalue weighted by Gasteiger charge is 2.07. The molecule has 0 atom stereocenters. The van der Waals surface area contributed by atoms with E-state index in [-0.39, 0.29) is 0 Å². The van der Waals surface area contributed by atoms with E-state index in [4.69, 9.17) is 0 Å². The zero-order valence-electron chi connectivity index (χ0n) is 6.77. The van der Waals surface area contributed by atoms with Crippen molar-refractivity contribution in [3.63, 3.8) is 0 Å². The molecule has 1 rings (SSSR count). The van der Waals surface area contributed by atoms with Gasteiger partial charge in [-0.3, -0.25) is 8.10 Å². The molecule has 0 aliphatic heterocycles. The van der Waals surface area contributed by atoms with Gasteiger partial charge >= 0.3 is 0 Å². The molecule has 0 aliphatic carbocycles. The number of nitrogens with zero attached hydrogens (tertiary/aromatic N) is 2. The van der Waals surface area contributed by atoms with Gasteiger partial charge in [0.25, 0.3) is 0 Å². The number of nitrogens with one attached hydrogen (secondary N) is 2. The van der Waals surface area contributed by atoms with Crippen molar-refractivity contribution in [1.29, 1.82) is 0 Å². The molecular formula is C6H11IN4. The summed E-state index contributed by atoms with van der Waals surface area (Å²) in [4.78, 5) is 4.28. The van der Waals surface area contributed by atoms with Gasteiger partial charge in [0, 0.05) is 14.1 Å². The first-order valence-corrected chi connectivity index (χ1v) is 4.36. The molecule has 4 nitrogen and oxygen atoms in total. The molecule has 1 aromatic rings. The molecule has 2 N–H and O–H groups in total. The normalized spacial score (nSPS) is 9.82. The molecule has 0 bridgehead atoms. The van der Waals surface area contributed by atoms with Crippen LogP contribution in [0.3, 0.4) is 0 Å². The third-order valence-corrected chi connectivity index (χ3v) is 2.07. The van der Waals surface area contributed by atoms with Gasteiger partial charge in [-0.25, -0.2) is 4.98 Å². The smallest absolute Gasteiger partial charge is 0.213 e. The van der Waals surface area contributed by atoms with Crippen molar-refractivity contribution in [3.05, 3.63) is 5.69 Å². The minimum Gasteiger partial charge on any atom is -0.373 e. The molecule has 0 fully saturated rings. The summed E-state index contributed by atoms with van der Waals surface area (Å²) in [6.07, 6.45) is 0. The number of anilines is 2. The number of halogens is 1. The predicted octanol–water partition coefficient (Wildman–Crippen LogP) is 1.53. The van der Waals surface area contributed by atoms with Crippen molar-refractivity contribution in [3.8, 4) is 0 Å².